The van der Waals surface area contributed by atoms with Crippen LogP contribution in [0, 0.1) is 5.82 Å². The lowest BCUT2D eigenvalue weighted by molar-refractivity contribution is 0.369. The van der Waals surface area contributed by atoms with E-state index in [4.69, 9.17) is 17.3 Å². The summed E-state index contributed by atoms with van der Waals surface area (Å²) in [7, 11) is 0. The quantitative estimate of drug-likeness (QED) is 0.792. The highest BCUT2D eigenvalue weighted by atomic mass is 35.5. The Kier molecular flexibility index (Phi) is 4.05. The van der Waals surface area contributed by atoms with Gasteiger partial charge in [-0.2, -0.15) is 0 Å². The van der Waals surface area contributed by atoms with Crippen LogP contribution in [0.1, 0.15) is 44.1 Å². The average molecular weight is 256 g/mol. The van der Waals surface area contributed by atoms with Crippen molar-refractivity contribution < 1.29 is 4.39 Å². The minimum absolute atomic E-state index is 0.200. The van der Waals surface area contributed by atoms with E-state index < -0.39 is 0 Å². The summed E-state index contributed by atoms with van der Waals surface area (Å²) in [5.41, 5.74) is 7.07. The van der Waals surface area contributed by atoms with Crippen LogP contribution in [-0.4, -0.2) is 5.54 Å². The number of rotatable bonds is 2. The number of benzene rings is 1. The maximum atomic E-state index is 13.2. The first kappa shape index (κ1) is 12.8. The van der Waals surface area contributed by atoms with E-state index in [0.717, 1.165) is 18.4 Å². The van der Waals surface area contributed by atoms with Crippen LogP contribution in [0.25, 0.3) is 0 Å². The van der Waals surface area contributed by atoms with Crippen molar-refractivity contribution in [1.29, 1.82) is 0 Å². The SMILES string of the molecule is NC1(Cc2cc(F)ccc2Cl)CCCCCC1. The Morgan fingerprint density at radius 3 is 2.47 bits per heavy atom. The van der Waals surface area contributed by atoms with Gasteiger partial charge in [0.25, 0.3) is 0 Å². The van der Waals surface area contributed by atoms with Crippen LogP contribution in [0.3, 0.4) is 0 Å². The molecule has 0 bridgehead atoms. The van der Waals surface area contributed by atoms with Gasteiger partial charge in [-0.25, -0.2) is 4.39 Å². The van der Waals surface area contributed by atoms with Crippen molar-refractivity contribution in [2.45, 2.75) is 50.5 Å². The highest BCUT2D eigenvalue weighted by Crippen LogP contribution is 2.30. The zero-order valence-electron chi connectivity index (χ0n) is 10.0. The molecule has 0 saturated heterocycles. The van der Waals surface area contributed by atoms with Gasteiger partial charge < -0.3 is 5.73 Å². The number of nitrogens with two attached hydrogens (primary N) is 1. The summed E-state index contributed by atoms with van der Waals surface area (Å²) in [4.78, 5) is 0. The molecule has 94 valence electrons. The minimum Gasteiger partial charge on any atom is -0.325 e. The first-order chi connectivity index (χ1) is 8.09. The van der Waals surface area contributed by atoms with E-state index in [-0.39, 0.29) is 11.4 Å². The van der Waals surface area contributed by atoms with E-state index in [0.29, 0.717) is 11.4 Å². The third-order valence-corrected chi connectivity index (χ3v) is 4.02. The molecular formula is C14H19ClFN. The lowest BCUT2D eigenvalue weighted by Gasteiger charge is -2.28. The molecule has 1 fully saturated rings. The van der Waals surface area contributed by atoms with Crippen molar-refractivity contribution in [1.82, 2.24) is 0 Å². The van der Waals surface area contributed by atoms with Gasteiger partial charge in [0.05, 0.1) is 0 Å². The largest absolute Gasteiger partial charge is 0.325 e. The van der Waals surface area contributed by atoms with Gasteiger partial charge in [0.1, 0.15) is 5.82 Å². The molecule has 3 heteroatoms. The summed E-state index contributed by atoms with van der Waals surface area (Å²) in [6.45, 7) is 0. The van der Waals surface area contributed by atoms with E-state index in [1.165, 1.54) is 37.8 Å². The molecule has 0 aliphatic heterocycles. The molecule has 17 heavy (non-hydrogen) atoms. The van der Waals surface area contributed by atoms with E-state index in [9.17, 15) is 4.39 Å². The smallest absolute Gasteiger partial charge is 0.123 e. The summed E-state index contributed by atoms with van der Waals surface area (Å²) < 4.78 is 13.2. The van der Waals surface area contributed by atoms with Crippen molar-refractivity contribution in [3.8, 4) is 0 Å². The zero-order chi connectivity index (χ0) is 12.3. The molecule has 1 nitrogen and oxygen atoms in total. The highest BCUT2D eigenvalue weighted by Gasteiger charge is 2.27. The average Bonchev–Trinajstić information content (AvgIpc) is 2.49. The second-order valence-corrected chi connectivity index (χ2v) is 5.60. The predicted molar refractivity (Wildman–Crippen MR) is 69.7 cm³/mol. The second kappa shape index (κ2) is 5.36. The lowest BCUT2D eigenvalue weighted by atomic mass is 9.85. The van der Waals surface area contributed by atoms with Crippen LogP contribution in [0.5, 0.6) is 0 Å². The summed E-state index contributed by atoms with van der Waals surface area (Å²) in [5.74, 6) is -0.235. The van der Waals surface area contributed by atoms with E-state index in [1.54, 1.807) is 6.07 Å². The fourth-order valence-electron chi connectivity index (χ4n) is 2.67. The number of halogens is 2. The van der Waals surface area contributed by atoms with Gasteiger partial charge >= 0.3 is 0 Å². The van der Waals surface area contributed by atoms with Gasteiger partial charge in [-0.3, -0.25) is 0 Å². The summed E-state index contributed by atoms with van der Waals surface area (Å²) in [6.07, 6.45) is 7.57. The fraction of sp³-hybridized carbons (Fsp3) is 0.571. The first-order valence-corrected chi connectivity index (χ1v) is 6.70. The summed E-state index contributed by atoms with van der Waals surface area (Å²) >= 11 is 6.10. The van der Waals surface area contributed by atoms with Gasteiger partial charge in [-0.1, -0.05) is 37.3 Å². The zero-order valence-corrected chi connectivity index (χ0v) is 10.8. The summed E-state index contributed by atoms with van der Waals surface area (Å²) in [6, 6.07) is 4.52. The van der Waals surface area contributed by atoms with Gasteiger partial charge in [0.2, 0.25) is 0 Å². The Morgan fingerprint density at radius 2 is 1.82 bits per heavy atom. The second-order valence-electron chi connectivity index (χ2n) is 5.19. The molecule has 1 aliphatic rings. The van der Waals surface area contributed by atoms with Crippen molar-refractivity contribution in [3.63, 3.8) is 0 Å². The molecule has 1 aromatic rings. The van der Waals surface area contributed by atoms with Crippen LogP contribution in [0.2, 0.25) is 5.02 Å². The van der Waals surface area contributed by atoms with Crippen molar-refractivity contribution in [2.75, 3.05) is 0 Å². The van der Waals surface area contributed by atoms with Crippen LogP contribution in [0.15, 0.2) is 18.2 Å². The Bertz CT molecular complexity index is 384. The van der Waals surface area contributed by atoms with Gasteiger partial charge in [0.15, 0.2) is 0 Å². The Balaban J connectivity index is 2.15. The number of hydrogen-bond donors (Lipinski definition) is 1. The molecule has 2 rings (SSSR count). The maximum absolute atomic E-state index is 13.2. The van der Waals surface area contributed by atoms with E-state index in [2.05, 4.69) is 0 Å². The van der Waals surface area contributed by atoms with Crippen molar-refractivity contribution in [3.05, 3.63) is 34.6 Å². The number of hydrogen-bond acceptors (Lipinski definition) is 1. The molecule has 1 aliphatic carbocycles. The molecule has 0 aromatic heterocycles. The molecule has 0 unspecified atom stereocenters. The molecule has 2 N–H and O–H groups in total. The normalized spacial score (nSPS) is 19.9. The molecule has 0 radical (unpaired) electrons. The van der Waals surface area contributed by atoms with Crippen molar-refractivity contribution >= 4 is 11.6 Å². The molecule has 0 spiro atoms. The maximum Gasteiger partial charge on any atom is 0.123 e. The van der Waals surface area contributed by atoms with Gasteiger partial charge in [0, 0.05) is 10.6 Å². The third-order valence-electron chi connectivity index (χ3n) is 3.65. The molecule has 0 amide bonds. The molecule has 0 atom stereocenters. The van der Waals surface area contributed by atoms with E-state index >= 15 is 0 Å². The molecule has 0 heterocycles. The molecular weight excluding hydrogens is 237 g/mol. The lowest BCUT2D eigenvalue weighted by Crippen LogP contribution is -2.41. The predicted octanol–water partition coefficient (Wildman–Crippen LogP) is 4.07. The van der Waals surface area contributed by atoms with Crippen LogP contribution in [-0.2, 0) is 6.42 Å². The fourth-order valence-corrected chi connectivity index (χ4v) is 2.85. The van der Waals surface area contributed by atoms with Gasteiger partial charge in [-0.15, -0.1) is 0 Å². The monoisotopic (exact) mass is 255 g/mol. The minimum atomic E-state index is -0.235. The van der Waals surface area contributed by atoms with Crippen LogP contribution >= 0.6 is 11.6 Å². The third kappa shape index (κ3) is 3.43. The highest BCUT2D eigenvalue weighted by molar-refractivity contribution is 6.31. The van der Waals surface area contributed by atoms with Crippen LogP contribution in [0.4, 0.5) is 4.39 Å². The summed E-state index contributed by atoms with van der Waals surface area (Å²) in [5, 5.41) is 0.625. The van der Waals surface area contributed by atoms with Crippen LogP contribution < -0.4 is 5.73 Å². The standard InChI is InChI=1S/C14H19ClFN/c15-13-6-5-12(16)9-11(13)10-14(17)7-3-1-2-4-8-14/h5-6,9H,1-4,7-8,10,17H2. The Morgan fingerprint density at radius 1 is 1.18 bits per heavy atom. The topological polar surface area (TPSA) is 26.0 Å². The Hall–Kier alpha value is -0.600. The molecule has 1 saturated carbocycles. The molecule has 1 aromatic carbocycles. The Labute approximate surface area is 107 Å². The van der Waals surface area contributed by atoms with Crippen molar-refractivity contribution in [2.24, 2.45) is 5.73 Å². The first-order valence-electron chi connectivity index (χ1n) is 6.32. The van der Waals surface area contributed by atoms with Gasteiger partial charge in [-0.05, 0) is 43.0 Å². The van der Waals surface area contributed by atoms with E-state index in [1.807, 2.05) is 0 Å².